The van der Waals surface area contributed by atoms with Crippen molar-refractivity contribution in [1.29, 1.82) is 4.29 Å². The minimum atomic E-state index is -1.40. The fraction of sp³-hybridized carbons (Fsp3) is 0.680. The van der Waals surface area contributed by atoms with E-state index in [-0.39, 0.29) is 40.8 Å². The maximum Gasteiger partial charge on any atom is 2.00 e. The van der Waals surface area contributed by atoms with Crippen LogP contribution in [-0.4, -0.2) is 110 Å². The maximum atomic E-state index is 6.46. The number of aliphatic hydroxyl groups is 3. The van der Waals surface area contributed by atoms with E-state index in [2.05, 4.69) is 178 Å². The normalized spacial score (nSPS) is 9.60. The molecule has 0 aliphatic carbocycles. The van der Waals surface area contributed by atoms with Crippen LogP contribution in [0.15, 0.2) is 99.7 Å². The van der Waals surface area contributed by atoms with Crippen LogP contribution >= 0.6 is 33.2 Å². The van der Waals surface area contributed by atoms with Crippen LogP contribution in [0, 0.1) is 0 Å². The Hall–Kier alpha value is 0.738. The Balaban J connectivity index is -0.0000000317. The molecular weight excluding hydrogens is 948 g/mol. The number of unbranched alkanes of at least 4 members (excludes halogenated alkanes) is 3. The van der Waals surface area contributed by atoms with Gasteiger partial charge in [-0.3, -0.25) is 0 Å². The van der Waals surface area contributed by atoms with Crippen LogP contribution in [0.5, 0.6) is 0 Å². The predicted octanol–water partition coefficient (Wildman–Crippen LogP) is 18.8. The van der Waals surface area contributed by atoms with Crippen LogP contribution in [0.4, 0.5) is 0 Å². The molecule has 0 atom stereocenters. The molecular formula is C50H121Cl3MgO3Si6. The van der Waals surface area contributed by atoms with E-state index in [0.29, 0.717) is 19.8 Å². The van der Waals surface area contributed by atoms with Crippen LogP contribution in [0.1, 0.15) is 111 Å². The predicted molar refractivity (Wildman–Crippen MR) is 335 cm³/mol. The fourth-order valence-electron chi connectivity index (χ4n) is 2.24. The van der Waals surface area contributed by atoms with Gasteiger partial charge in [-0.1, -0.05) is 201 Å². The summed E-state index contributed by atoms with van der Waals surface area (Å²) in [4.78, 5) is 0. The Morgan fingerprint density at radius 1 is 0.524 bits per heavy atom. The first-order chi connectivity index (χ1) is 29.0. The van der Waals surface area contributed by atoms with Gasteiger partial charge >= 0.3 is 23.1 Å². The minimum Gasteiger partial charge on any atom is -1.00 e. The Labute approximate surface area is 447 Å². The molecule has 13 heteroatoms. The van der Waals surface area contributed by atoms with E-state index in [1.807, 2.05) is 38.7 Å². The minimum absolute atomic E-state index is 0. The smallest absolute Gasteiger partial charge is 1.00 e. The molecule has 0 aromatic carbocycles. The molecule has 0 aliphatic rings. The zero-order valence-electron chi connectivity index (χ0n) is 49.4. The Kier molecular flexibility index (Phi) is 123. The van der Waals surface area contributed by atoms with Gasteiger partial charge in [0.1, 0.15) is 16.2 Å². The van der Waals surface area contributed by atoms with E-state index in [4.69, 9.17) is 37.5 Å². The molecule has 0 heterocycles. The molecule has 0 rings (SSSR count). The average Bonchev–Trinajstić information content (AvgIpc) is 3.20. The van der Waals surface area contributed by atoms with Crippen LogP contribution in [0.2, 0.25) is 96.7 Å². The number of allylic oxidation sites excluding steroid dienone is 3. The third-order valence-electron chi connectivity index (χ3n) is 6.36. The molecule has 63 heavy (non-hydrogen) atoms. The molecule has 0 aromatic heterocycles. The van der Waals surface area contributed by atoms with Gasteiger partial charge in [-0.25, -0.2) is 0 Å². The third kappa shape index (κ3) is 230. The van der Waals surface area contributed by atoms with E-state index >= 15 is 0 Å². The van der Waals surface area contributed by atoms with Crippen LogP contribution in [-0.2, 0) is 0 Å². The summed E-state index contributed by atoms with van der Waals surface area (Å²) >= 11 is 16.6. The second-order valence-electron chi connectivity index (χ2n) is 16.4. The molecule has 3 N–H and O–H groups in total. The van der Waals surface area contributed by atoms with Gasteiger partial charge in [0.2, 0.25) is 4.29 Å². The molecule has 0 bridgehead atoms. The zero-order valence-corrected chi connectivity index (χ0v) is 54.4. The van der Waals surface area contributed by atoms with Crippen molar-refractivity contribution in [2.75, 3.05) is 19.8 Å². The number of hydrogen-bond donors (Lipinski definition) is 3. The van der Waals surface area contributed by atoms with E-state index < -0.39 is 47.8 Å². The van der Waals surface area contributed by atoms with E-state index in [9.17, 15) is 0 Å². The summed E-state index contributed by atoms with van der Waals surface area (Å²) in [6.07, 6.45) is 16.5. The number of hydrogen-bond acceptors (Lipinski definition) is 3. The van der Waals surface area contributed by atoms with Gasteiger partial charge in [0.25, 0.3) is 0 Å². The summed E-state index contributed by atoms with van der Waals surface area (Å²) in [5.74, 6) is 0. The van der Waals surface area contributed by atoms with Gasteiger partial charge in [0, 0.05) is 13.2 Å². The fourth-order valence-corrected chi connectivity index (χ4v) is 6.44. The molecule has 0 saturated carbocycles. The first-order valence-electron chi connectivity index (χ1n) is 23.3. The van der Waals surface area contributed by atoms with Crippen molar-refractivity contribution in [1.82, 2.24) is 0 Å². The van der Waals surface area contributed by atoms with Gasteiger partial charge in [-0.05, 0) is 33.1 Å². The summed E-state index contributed by atoms with van der Waals surface area (Å²) < 4.78 is 18.7. The largest absolute Gasteiger partial charge is 2.00 e. The first-order valence-corrected chi connectivity index (χ1v) is 44.1. The summed E-state index contributed by atoms with van der Waals surface area (Å²) in [6.45, 7) is 68.8. The van der Waals surface area contributed by atoms with Gasteiger partial charge in [-0.2, -0.15) is 33.2 Å². The Morgan fingerprint density at radius 2 is 0.746 bits per heavy atom. The van der Waals surface area contributed by atoms with Crippen molar-refractivity contribution in [2.24, 2.45) is 0 Å². The molecule has 3 nitrogen and oxygen atoms in total. The topological polar surface area (TPSA) is 60.7 Å². The molecule has 0 amide bonds. The molecule has 386 valence electrons. The maximum absolute atomic E-state index is 6.46. The zero-order chi connectivity index (χ0) is 52.8. The van der Waals surface area contributed by atoms with Crippen molar-refractivity contribution < 1.29 is 18.2 Å². The van der Waals surface area contributed by atoms with Gasteiger partial charge in [0.15, 0.2) is 7.38 Å². The van der Waals surface area contributed by atoms with E-state index in [1.165, 1.54) is 49.9 Å². The van der Waals surface area contributed by atoms with Crippen molar-refractivity contribution in [3.63, 3.8) is 0 Å². The van der Waals surface area contributed by atoms with Crippen LogP contribution in [0.25, 0.3) is 0 Å². The molecule has 0 unspecified atom stereocenters. The van der Waals surface area contributed by atoms with Crippen molar-refractivity contribution in [3.8, 4) is 0 Å². The first kappa shape index (κ1) is 90.2. The monoisotopic (exact) mass is 1070 g/mol. The molecule has 0 fully saturated rings. The SMILES string of the molecule is C.C.C=CC.C=CC.C=CCC.C=C[Si](C)(C)CCCC.C=C[Si](C)(C)CCCC.C=C[Si](C)(C)Cl.C[SiH](C)Cl.C[SiH](C)Cl.[3H]OCC=C.[3H]OCCCC.[3H]OCCC[Si](C)(C)C=C.[H-].[H-].[Mg+2]. The standard InChI is InChI=1S/2C8H18Si.C7H16OSi.C4H9ClSi.C4H10O.C4H8.C3H6O.2C3H6.2C2H7ClSi.2CH4.Mg.2H/c2*1-5-7-8-9(3,4)6-2;1-4-9(2,3)7-5-6-8;1-4-6(2,3)5;1-2-3-4-5;1-3-4-2;1-2-3-4;2*1-3-2;2*1-4(2)3;;;;;/h2*6H,2,5,7-8H2,1,3-4H3;4,8H,1,5-7H2,2-3H3;4H,1H2,2-3H3;5H,2-4H2,1H3;3H,1,4H2,2H3;2,4H,1,3H2;2*3H,1H2,2H3;2*4H,1-2H3;2*1H4;;;/q;;;;;;;;;;;;;+2;2*-1/i;;8T;;5T;;4T;;;;;;;;;. The van der Waals surface area contributed by atoms with Gasteiger partial charge in [-0.15, -0.1) is 69.7 Å². The Bertz CT molecular complexity index is 881. The van der Waals surface area contributed by atoms with Crippen LogP contribution < -0.4 is 0 Å². The molecule has 0 saturated heterocycles. The number of rotatable bonds is 20. The molecule has 0 aromatic rings. The van der Waals surface area contributed by atoms with Crippen LogP contribution in [0.3, 0.4) is 0 Å². The summed E-state index contributed by atoms with van der Waals surface area (Å²) in [6, 6.07) is 4.00. The quantitative estimate of drug-likeness (QED) is 0.0493. The second kappa shape index (κ2) is 86.0. The van der Waals surface area contributed by atoms with E-state index in [1.54, 1.807) is 12.2 Å². The third-order valence-corrected chi connectivity index (χ3v) is 16.0. The van der Waals surface area contributed by atoms with Crippen molar-refractivity contribution in [3.05, 3.63) is 99.7 Å². The summed E-state index contributed by atoms with van der Waals surface area (Å²) in [5, 5.41) is 12.1. The number of aliphatic hydroxyl groups excluding tert-OH is 3. The number of halogens is 3. The summed E-state index contributed by atoms with van der Waals surface area (Å²) in [5.41, 5.74) is 8.29. The Morgan fingerprint density at radius 3 is 0.857 bits per heavy atom. The second-order valence-corrected chi connectivity index (χ2v) is 46.8. The molecule has 0 radical (unpaired) electrons. The van der Waals surface area contributed by atoms with Crippen molar-refractivity contribution >= 4 is 104 Å². The summed E-state index contributed by atoms with van der Waals surface area (Å²) in [7, 11) is -5.71. The average molecular weight is 1080 g/mol. The van der Waals surface area contributed by atoms with Gasteiger partial charge < -0.3 is 18.2 Å². The molecule has 0 spiro atoms. The van der Waals surface area contributed by atoms with E-state index in [0.717, 1.165) is 25.7 Å². The van der Waals surface area contributed by atoms with Gasteiger partial charge in [0.05, 0.1) is 30.8 Å². The molecule has 0 aliphatic heterocycles. The van der Waals surface area contributed by atoms with Crippen molar-refractivity contribution in [2.45, 2.75) is 204 Å².